The normalized spacial score (nSPS) is 20.6. The number of hydrogen-bond acceptors (Lipinski definition) is 8. The van der Waals surface area contributed by atoms with Gasteiger partial charge in [0.2, 0.25) is 0 Å². The number of nitrogens with zero attached hydrogens (tertiary/aromatic N) is 3. The summed E-state index contributed by atoms with van der Waals surface area (Å²) in [5.41, 5.74) is 10.5. The van der Waals surface area contributed by atoms with Gasteiger partial charge in [0.05, 0.1) is 23.5 Å². The predicted octanol–water partition coefficient (Wildman–Crippen LogP) is 4.29. The van der Waals surface area contributed by atoms with Gasteiger partial charge >= 0.3 is 0 Å². The van der Waals surface area contributed by atoms with Gasteiger partial charge < -0.3 is 30.2 Å². The average Bonchev–Trinajstić information content (AvgIpc) is 3.01. The van der Waals surface area contributed by atoms with Crippen molar-refractivity contribution in [2.45, 2.75) is 39.6 Å². The molecule has 0 unspecified atom stereocenters. The molecule has 0 spiro atoms. The van der Waals surface area contributed by atoms with Crippen LogP contribution in [0.2, 0.25) is 0 Å². The number of anilines is 1. The molecule has 3 N–H and O–H groups in total. The van der Waals surface area contributed by atoms with Crippen molar-refractivity contribution in [1.82, 2.24) is 14.8 Å². The van der Waals surface area contributed by atoms with Crippen LogP contribution in [0.5, 0.6) is 5.75 Å². The zero-order chi connectivity index (χ0) is 30.3. The molecular weight excluding hydrogens is 530 g/mol. The molecule has 2 heterocycles. The maximum atomic E-state index is 13.6. The van der Waals surface area contributed by atoms with Crippen LogP contribution in [0.1, 0.15) is 36.7 Å². The predicted molar refractivity (Wildman–Crippen MR) is 165 cm³/mol. The SMILES string of the molecule is CO[C@H]1CN(C)C(=O)c2cc(NCC(C)(C)C=O)ccc2OC[C@H](N)N(Cc2ccc(-c3ccccn3)cc2)C[C@@H]1C. The van der Waals surface area contributed by atoms with E-state index in [-0.39, 0.29) is 24.5 Å². The van der Waals surface area contributed by atoms with E-state index in [1.165, 1.54) is 0 Å². The number of aromatic nitrogens is 1. The quantitative estimate of drug-likeness (QED) is 0.384. The van der Waals surface area contributed by atoms with Crippen molar-refractivity contribution in [3.05, 3.63) is 78.0 Å². The molecule has 0 saturated carbocycles. The van der Waals surface area contributed by atoms with E-state index in [1.54, 1.807) is 37.4 Å². The summed E-state index contributed by atoms with van der Waals surface area (Å²) in [6.45, 7) is 8.17. The molecule has 2 aromatic carbocycles. The first-order valence-corrected chi connectivity index (χ1v) is 14.4. The minimum Gasteiger partial charge on any atom is -0.490 e. The topological polar surface area (TPSA) is 110 Å². The van der Waals surface area contributed by atoms with Gasteiger partial charge in [0.25, 0.3) is 5.91 Å². The number of nitrogens with two attached hydrogens (primary N) is 1. The average molecular weight is 574 g/mol. The van der Waals surface area contributed by atoms with E-state index in [9.17, 15) is 9.59 Å². The second kappa shape index (κ2) is 13.9. The van der Waals surface area contributed by atoms with Gasteiger partial charge in [-0.25, -0.2) is 0 Å². The lowest BCUT2D eigenvalue weighted by molar-refractivity contribution is -0.114. The molecule has 224 valence electrons. The lowest BCUT2D eigenvalue weighted by Gasteiger charge is -2.36. The van der Waals surface area contributed by atoms with Crippen LogP contribution >= 0.6 is 0 Å². The summed E-state index contributed by atoms with van der Waals surface area (Å²) in [6, 6.07) is 19.7. The van der Waals surface area contributed by atoms with Gasteiger partial charge in [0.1, 0.15) is 18.6 Å². The number of nitrogens with one attached hydrogen (secondary N) is 1. The number of hydrogen-bond donors (Lipinski definition) is 2. The van der Waals surface area contributed by atoms with E-state index in [1.807, 2.05) is 38.1 Å². The molecule has 42 heavy (non-hydrogen) atoms. The van der Waals surface area contributed by atoms with Crippen molar-refractivity contribution in [3.63, 3.8) is 0 Å². The molecule has 3 atom stereocenters. The van der Waals surface area contributed by atoms with Crippen LogP contribution in [0.15, 0.2) is 66.9 Å². The van der Waals surface area contributed by atoms with Crippen LogP contribution in [0, 0.1) is 11.3 Å². The Balaban J connectivity index is 1.58. The van der Waals surface area contributed by atoms with Crippen molar-refractivity contribution in [3.8, 4) is 17.0 Å². The zero-order valence-corrected chi connectivity index (χ0v) is 25.2. The highest BCUT2D eigenvalue weighted by atomic mass is 16.5. The third kappa shape index (κ3) is 7.94. The first kappa shape index (κ1) is 31.2. The highest BCUT2D eigenvalue weighted by molar-refractivity contribution is 5.97. The number of aldehydes is 1. The summed E-state index contributed by atoms with van der Waals surface area (Å²) in [4.78, 5) is 33.3. The summed E-state index contributed by atoms with van der Waals surface area (Å²) in [6.07, 6.45) is 2.09. The van der Waals surface area contributed by atoms with Crippen LogP contribution in [0.25, 0.3) is 11.3 Å². The maximum Gasteiger partial charge on any atom is 0.257 e. The van der Waals surface area contributed by atoms with Crippen molar-refractivity contribution in [2.24, 2.45) is 17.1 Å². The Morgan fingerprint density at radius 1 is 1.14 bits per heavy atom. The number of methoxy groups -OCH3 is 1. The Kier molecular flexibility index (Phi) is 10.3. The van der Waals surface area contributed by atoms with Crippen LogP contribution in [0.3, 0.4) is 0 Å². The van der Waals surface area contributed by atoms with E-state index in [4.69, 9.17) is 15.2 Å². The monoisotopic (exact) mass is 573 g/mol. The fraction of sp³-hybridized carbons (Fsp3) is 0.424. The van der Waals surface area contributed by atoms with E-state index >= 15 is 0 Å². The van der Waals surface area contributed by atoms with Crippen LogP contribution in [0.4, 0.5) is 5.69 Å². The number of pyridine rings is 1. The van der Waals surface area contributed by atoms with Gasteiger partial charge in [-0.3, -0.25) is 14.7 Å². The molecule has 9 heteroatoms. The van der Waals surface area contributed by atoms with E-state index in [0.717, 1.165) is 28.8 Å². The van der Waals surface area contributed by atoms with Crippen molar-refractivity contribution in [1.29, 1.82) is 0 Å². The smallest absolute Gasteiger partial charge is 0.257 e. The van der Waals surface area contributed by atoms with E-state index in [2.05, 4.69) is 46.4 Å². The number of carbonyl (C=O) groups is 2. The number of ether oxygens (including phenoxy) is 2. The summed E-state index contributed by atoms with van der Waals surface area (Å²) < 4.78 is 12.1. The molecule has 1 amide bonds. The second-order valence-corrected chi connectivity index (χ2v) is 11.8. The Labute approximate surface area is 249 Å². The van der Waals surface area contributed by atoms with Crippen molar-refractivity contribution in [2.75, 3.05) is 45.7 Å². The minimum absolute atomic E-state index is 0.0848. The number of likely N-dealkylation sites (N-methyl/N-ethyl adjacent to an activating group) is 1. The molecule has 4 rings (SSSR count). The molecule has 1 aliphatic rings. The fourth-order valence-corrected chi connectivity index (χ4v) is 4.98. The summed E-state index contributed by atoms with van der Waals surface area (Å²) in [5, 5.41) is 3.27. The fourth-order valence-electron chi connectivity index (χ4n) is 4.98. The van der Waals surface area contributed by atoms with Crippen LogP contribution in [-0.2, 0) is 16.1 Å². The van der Waals surface area contributed by atoms with Gasteiger partial charge in [0.15, 0.2) is 0 Å². The minimum atomic E-state index is -0.538. The third-order valence-corrected chi connectivity index (χ3v) is 7.72. The largest absolute Gasteiger partial charge is 0.490 e. The maximum absolute atomic E-state index is 13.6. The van der Waals surface area contributed by atoms with Crippen LogP contribution < -0.4 is 15.8 Å². The van der Waals surface area contributed by atoms with Gasteiger partial charge in [-0.05, 0) is 41.8 Å². The lowest BCUT2D eigenvalue weighted by Crippen LogP contribution is -2.50. The molecule has 0 saturated heterocycles. The van der Waals surface area contributed by atoms with Crippen LogP contribution in [-0.4, -0.2) is 79.6 Å². The summed E-state index contributed by atoms with van der Waals surface area (Å²) in [7, 11) is 3.46. The molecule has 0 fully saturated rings. The summed E-state index contributed by atoms with van der Waals surface area (Å²) >= 11 is 0. The molecule has 0 radical (unpaired) electrons. The molecule has 1 aliphatic heterocycles. The Morgan fingerprint density at radius 2 is 1.90 bits per heavy atom. The van der Waals surface area contributed by atoms with Gasteiger partial charge in [0, 0.05) is 63.2 Å². The third-order valence-electron chi connectivity index (χ3n) is 7.72. The first-order chi connectivity index (χ1) is 20.1. The molecule has 0 aliphatic carbocycles. The van der Waals surface area contributed by atoms with Gasteiger partial charge in [-0.15, -0.1) is 0 Å². The van der Waals surface area contributed by atoms with Crippen molar-refractivity contribution < 1.29 is 19.1 Å². The standard InChI is InChI=1S/C33H43N5O4/c1-23-17-38(18-24-9-11-25(12-10-24)28-8-6-7-15-35-28)31(34)20-42-29-14-13-26(36-21-33(2,3)22-39)16-27(29)32(40)37(4)19-30(23)41-5/h6-16,22-23,30-31,36H,17-21,34H2,1-5H3/t23-,30-,31+/m0/s1. The lowest BCUT2D eigenvalue weighted by atomic mass is 9.96. The molecule has 0 bridgehead atoms. The van der Waals surface area contributed by atoms with Gasteiger partial charge in [-0.1, -0.05) is 51.1 Å². The van der Waals surface area contributed by atoms with Crippen molar-refractivity contribution >= 4 is 17.9 Å². The number of rotatable bonds is 8. The molecule has 1 aromatic heterocycles. The highest BCUT2D eigenvalue weighted by Crippen LogP contribution is 2.27. The molecule has 9 nitrogen and oxygen atoms in total. The zero-order valence-electron chi connectivity index (χ0n) is 25.2. The first-order valence-electron chi connectivity index (χ1n) is 14.4. The van der Waals surface area contributed by atoms with E-state index in [0.29, 0.717) is 37.5 Å². The van der Waals surface area contributed by atoms with E-state index < -0.39 is 11.6 Å². The number of amides is 1. The number of fused-ring (bicyclic) bond motifs is 1. The Bertz CT molecular complexity index is 1330. The Morgan fingerprint density at radius 3 is 2.57 bits per heavy atom. The molecule has 3 aromatic rings. The number of benzene rings is 2. The highest BCUT2D eigenvalue weighted by Gasteiger charge is 2.29. The molecular formula is C33H43N5O4. The second-order valence-electron chi connectivity index (χ2n) is 11.8. The van der Waals surface area contributed by atoms with Gasteiger partial charge in [-0.2, -0.15) is 0 Å². The Hall–Kier alpha value is -3.79. The summed E-state index contributed by atoms with van der Waals surface area (Å²) in [5.74, 6) is 0.378. The number of carbonyl (C=O) groups excluding carboxylic acids is 2.